The molecule has 0 aromatic heterocycles. The molecule has 0 aliphatic heterocycles. The quantitative estimate of drug-likeness (QED) is 0.488. The average molecular weight is 237 g/mol. The van der Waals surface area contributed by atoms with E-state index >= 15 is 0 Å². The number of sulfonamides is 1. The summed E-state index contributed by atoms with van der Waals surface area (Å²) in [5, 5.41) is 7.39. The number of nitrogens with one attached hydrogen (secondary N) is 1. The molecule has 0 saturated heterocycles. The van der Waals surface area contributed by atoms with Crippen LogP contribution in [0.25, 0.3) is 0 Å². The van der Waals surface area contributed by atoms with Crippen LogP contribution in [-0.4, -0.2) is 32.7 Å². The van der Waals surface area contributed by atoms with Crippen molar-refractivity contribution in [2.75, 3.05) is 12.3 Å². The normalized spacial score (nSPS) is 13.5. The summed E-state index contributed by atoms with van der Waals surface area (Å²) in [5.74, 6) is -0.220. The van der Waals surface area contributed by atoms with Gasteiger partial charge in [0, 0.05) is 19.0 Å². The minimum Gasteiger partial charge on any atom is -0.356 e. The Bertz CT molecular complexity index is 288. The van der Waals surface area contributed by atoms with Gasteiger partial charge in [0.1, 0.15) is 0 Å². The Balaban J connectivity index is 3.48. The molecule has 0 saturated carbocycles. The fourth-order valence-electron chi connectivity index (χ4n) is 0.948. The van der Waals surface area contributed by atoms with Gasteiger partial charge in [-0.2, -0.15) is 0 Å². The van der Waals surface area contributed by atoms with Crippen molar-refractivity contribution >= 4 is 15.9 Å². The molecule has 0 aromatic rings. The predicted molar refractivity (Wildman–Crippen MR) is 58.5 cm³/mol. The Labute approximate surface area is 90.4 Å². The average Bonchev–Trinajstić information content (AvgIpc) is 2.07. The third-order valence-corrected chi connectivity index (χ3v) is 2.61. The van der Waals surface area contributed by atoms with E-state index in [0.717, 1.165) is 0 Å². The molecule has 0 aliphatic carbocycles. The molecule has 0 rings (SSSR count). The number of nitrogens with two attached hydrogens (primary N) is 2. The number of carbonyl (C=O) groups is 1. The zero-order valence-corrected chi connectivity index (χ0v) is 9.72. The first-order valence-electron chi connectivity index (χ1n) is 4.84. The van der Waals surface area contributed by atoms with E-state index in [-0.39, 0.29) is 17.7 Å². The molecule has 1 atom stereocenters. The SMILES string of the molecule is CC(N)CCC(=O)NCCCS(N)(=O)=O. The maximum Gasteiger partial charge on any atom is 0.220 e. The second-order valence-electron chi connectivity index (χ2n) is 3.59. The van der Waals surface area contributed by atoms with Gasteiger partial charge in [-0.05, 0) is 19.8 Å². The topological polar surface area (TPSA) is 115 Å². The Kier molecular flexibility index (Phi) is 6.46. The first kappa shape index (κ1) is 14.3. The fourth-order valence-corrected chi connectivity index (χ4v) is 1.50. The third kappa shape index (κ3) is 11.3. The summed E-state index contributed by atoms with van der Waals surface area (Å²) in [6.45, 7) is 2.16. The lowest BCUT2D eigenvalue weighted by atomic mass is 10.2. The Hall–Kier alpha value is -0.660. The van der Waals surface area contributed by atoms with E-state index < -0.39 is 10.0 Å². The summed E-state index contributed by atoms with van der Waals surface area (Å²) in [7, 11) is -3.42. The standard InChI is InChI=1S/C8H19N3O3S/c1-7(9)3-4-8(12)11-5-2-6-15(10,13)14/h7H,2-6,9H2,1H3,(H,11,12)(H2,10,13,14). The largest absolute Gasteiger partial charge is 0.356 e. The van der Waals surface area contributed by atoms with Crippen LogP contribution in [0.2, 0.25) is 0 Å². The molecule has 0 spiro atoms. The Morgan fingerprint density at radius 1 is 1.47 bits per heavy atom. The van der Waals surface area contributed by atoms with Gasteiger partial charge in [0.15, 0.2) is 0 Å². The van der Waals surface area contributed by atoms with Crippen molar-refractivity contribution in [2.45, 2.75) is 32.2 Å². The van der Waals surface area contributed by atoms with Crippen molar-refractivity contribution in [3.63, 3.8) is 0 Å². The van der Waals surface area contributed by atoms with Crippen molar-refractivity contribution in [2.24, 2.45) is 10.9 Å². The first-order valence-corrected chi connectivity index (χ1v) is 6.55. The molecule has 1 unspecified atom stereocenters. The monoisotopic (exact) mass is 237 g/mol. The molecular formula is C8H19N3O3S. The van der Waals surface area contributed by atoms with Crippen molar-refractivity contribution in [1.82, 2.24) is 5.32 Å². The van der Waals surface area contributed by atoms with Crippen LogP contribution < -0.4 is 16.2 Å². The smallest absolute Gasteiger partial charge is 0.220 e. The number of hydrogen-bond donors (Lipinski definition) is 3. The van der Waals surface area contributed by atoms with Gasteiger partial charge in [-0.3, -0.25) is 4.79 Å². The van der Waals surface area contributed by atoms with Gasteiger partial charge in [0.2, 0.25) is 15.9 Å². The van der Waals surface area contributed by atoms with Gasteiger partial charge >= 0.3 is 0 Å². The van der Waals surface area contributed by atoms with Crippen LogP contribution >= 0.6 is 0 Å². The van der Waals surface area contributed by atoms with Crippen molar-refractivity contribution in [3.8, 4) is 0 Å². The van der Waals surface area contributed by atoms with Gasteiger partial charge in [-0.1, -0.05) is 0 Å². The van der Waals surface area contributed by atoms with Crippen LogP contribution in [0, 0.1) is 0 Å². The first-order chi connectivity index (χ1) is 6.81. The molecule has 15 heavy (non-hydrogen) atoms. The van der Waals surface area contributed by atoms with Crippen LogP contribution in [0.3, 0.4) is 0 Å². The zero-order valence-electron chi connectivity index (χ0n) is 8.90. The lowest BCUT2D eigenvalue weighted by Gasteiger charge is -2.06. The van der Waals surface area contributed by atoms with Gasteiger partial charge in [-0.25, -0.2) is 13.6 Å². The Morgan fingerprint density at radius 3 is 2.53 bits per heavy atom. The highest BCUT2D eigenvalue weighted by Crippen LogP contribution is 1.93. The van der Waals surface area contributed by atoms with Crippen molar-refractivity contribution < 1.29 is 13.2 Å². The van der Waals surface area contributed by atoms with Gasteiger partial charge in [0.25, 0.3) is 0 Å². The molecule has 0 radical (unpaired) electrons. The van der Waals surface area contributed by atoms with Crippen molar-refractivity contribution in [3.05, 3.63) is 0 Å². The van der Waals surface area contributed by atoms with E-state index in [2.05, 4.69) is 5.32 Å². The maximum atomic E-state index is 11.1. The van der Waals surface area contributed by atoms with Crippen LogP contribution in [0.5, 0.6) is 0 Å². The highest BCUT2D eigenvalue weighted by Gasteiger charge is 2.04. The molecular weight excluding hydrogens is 218 g/mol. The minimum absolute atomic E-state index is 0.000157. The molecule has 0 fully saturated rings. The second-order valence-corrected chi connectivity index (χ2v) is 5.32. The second kappa shape index (κ2) is 6.76. The zero-order chi connectivity index (χ0) is 11.9. The van der Waals surface area contributed by atoms with E-state index in [9.17, 15) is 13.2 Å². The molecule has 6 nitrogen and oxygen atoms in total. The fraction of sp³-hybridized carbons (Fsp3) is 0.875. The van der Waals surface area contributed by atoms with Crippen LogP contribution in [0.1, 0.15) is 26.2 Å². The van der Waals surface area contributed by atoms with E-state index in [1.54, 1.807) is 0 Å². The summed E-state index contributed by atoms with van der Waals surface area (Å²) in [5.41, 5.74) is 5.48. The van der Waals surface area contributed by atoms with E-state index in [4.69, 9.17) is 10.9 Å². The lowest BCUT2D eigenvalue weighted by Crippen LogP contribution is -2.28. The highest BCUT2D eigenvalue weighted by atomic mass is 32.2. The number of rotatable bonds is 7. The summed E-state index contributed by atoms with van der Waals surface area (Å²) in [6.07, 6.45) is 1.33. The summed E-state index contributed by atoms with van der Waals surface area (Å²) in [6, 6.07) is 0.000157. The van der Waals surface area contributed by atoms with Crippen LogP contribution in [0.15, 0.2) is 0 Å². The Morgan fingerprint density at radius 2 is 2.07 bits per heavy atom. The molecule has 0 aromatic carbocycles. The molecule has 0 aliphatic rings. The molecule has 0 bridgehead atoms. The van der Waals surface area contributed by atoms with E-state index in [1.165, 1.54) is 0 Å². The van der Waals surface area contributed by atoms with Crippen LogP contribution in [0.4, 0.5) is 0 Å². The van der Waals surface area contributed by atoms with Crippen molar-refractivity contribution in [1.29, 1.82) is 0 Å². The number of carbonyl (C=O) groups excluding carboxylic acids is 1. The summed E-state index contributed by atoms with van der Waals surface area (Å²) >= 11 is 0. The molecule has 0 heterocycles. The highest BCUT2D eigenvalue weighted by molar-refractivity contribution is 7.89. The van der Waals surface area contributed by atoms with E-state index in [1.807, 2.05) is 6.92 Å². The summed E-state index contributed by atoms with van der Waals surface area (Å²) < 4.78 is 21.1. The lowest BCUT2D eigenvalue weighted by molar-refractivity contribution is -0.121. The molecule has 1 amide bonds. The van der Waals surface area contributed by atoms with Crippen LogP contribution in [-0.2, 0) is 14.8 Å². The predicted octanol–water partition coefficient (Wildman–Crippen LogP) is -1.09. The number of hydrogen-bond acceptors (Lipinski definition) is 4. The third-order valence-electron chi connectivity index (χ3n) is 1.75. The number of primary sulfonamides is 1. The molecule has 90 valence electrons. The van der Waals surface area contributed by atoms with Gasteiger partial charge < -0.3 is 11.1 Å². The van der Waals surface area contributed by atoms with Gasteiger partial charge in [-0.15, -0.1) is 0 Å². The molecule has 7 heteroatoms. The summed E-state index contributed by atoms with van der Waals surface area (Å²) in [4.78, 5) is 11.1. The minimum atomic E-state index is -3.42. The number of amides is 1. The molecule has 5 N–H and O–H groups in total. The maximum absolute atomic E-state index is 11.1. The van der Waals surface area contributed by atoms with E-state index in [0.29, 0.717) is 25.8 Å². The van der Waals surface area contributed by atoms with Gasteiger partial charge in [0.05, 0.1) is 5.75 Å².